The van der Waals surface area contributed by atoms with Gasteiger partial charge in [-0.1, -0.05) is 31.5 Å². The van der Waals surface area contributed by atoms with Gasteiger partial charge < -0.3 is 9.30 Å². The largest absolute Gasteiger partial charge is 0.316 e. The molecule has 0 atom stereocenters. The van der Waals surface area contributed by atoms with Crippen LogP contribution < -0.4 is 0 Å². The quantitative estimate of drug-likeness (QED) is 0.672. The van der Waals surface area contributed by atoms with E-state index in [-0.39, 0.29) is 0 Å². The van der Waals surface area contributed by atoms with E-state index in [0.29, 0.717) is 0 Å². The molecule has 1 aromatic carbocycles. The van der Waals surface area contributed by atoms with Crippen LogP contribution in [0.15, 0.2) is 48.8 Å². The average Bonchev–Trinajstić information content (AvgIpc) is 2.95. The van der Waals surface area contributed by atoms with E-state index in [0.717, 1.165) is 18.7 Å². The van der Waals surface area contributed by atoms with Crippen LogP contribution in [0.2, 0.25) is 0 Å². The lowest BCUT2D eigenvalue weighted by atomic mass is 10.0. The van der Waals surface area contributed by atoms with Gasteiger partial charge in [0, 0.05) is 30.2 Å². The molecule has 2 heterocycles. The zero-order chi connectivity index (χ0) is 16.2. The van der Waals surface area contributed by atoms with Gasteiger partial charge in [0.2, 0.25) is 0 Å². The smallest absolute Gasteiger partial charge is 0.0942 e. The molecule has 0 bridgehead atoms. The van der Waals surface area contributed by atoms with Crippen LogP contribution in [0.4, 0.5) is 0 Å². The molecule has 120 valence electrons. The lowest BCUT2D eigenvalue weighted by Crippen LogP contribution is -2.12. The second kappa shape index (κ2) is 6.97. The fourth-order valence-corrected chi connectivity index (χ4v) is 3.03. The van der Waals surface area contributed by atoms with E-state index in [1.807, 2.05) is 6.20 Å². The molecule has 0 unspecified atom stereocenters. The Kier molecular flexibility index (Phi) is 4.77. The summed E-state index contributed by atoms with van der Waals surface area (Å²) in [7, 11) is 4.19. The van der Waals surface area contributed by atoms with E-state index in [4.69, 9.17) is 0 Å². The molecule has 2 aromatic heterocycles. The fraction of sp³-hybridized carbons (Fsp3) is 0.350. The summed E-state index contributed by atoms with van der Waals surface area (Å²) in [5.74, 6) is 0. The highest BCUT2D eigenvalue weighted by Gasteiger charge is 2.10. The van der Waals surface area contributed by atoms with Crippen molar-refractivity contribution >= 4 is 5.52 Å². The molecule has 0 fully saturated rings. The van der Waals surface area contributed by atoms with E-state index >= 15 is 0 Å². The van der Waals surface area contributed by atoms with Gasteiger partial charge in [0.15, 0.2) is 0 Å². The minimum Gasteiger partial charge on any atom is -0.316 e. The molecule has 23 heavy (non-hydrogen) atoms. The first-order valence-corrected chi connectivity index (χ1v) is 8.38. The van der Waals surface area contributed by atoms with Crippen molar-refractivity contribution in [3.63, 3.8) is 0 Å². The molecular weight excluding hydrogens is 282 g/mol. The van der Waals surface area contributed by atoms with E-state index in [1.165, 1.54) is 35.2 Å². The third-order valence-electron chi connectivity index (χ3n) is 4.16. The standard InChI is InChI=1S/C20H25N3/c1-4-5-7-16-8-6-9-17(14-16)20-19-11-10-18(15-22(2)3)23(19)13-12-21-20/h6,8-14H,4-5,7,15H2,1-3H3. The van der Waals surface area contributed by atoms with E-state index in [9.17, 15) is 0 Å². The first-order valence-electron chi connectivity index (χ1n) is 8.38. The molecule has 0 aliphatic carbocycles. The second-order valence-corrected chi connectivity index (χ2v) is 6.40. The predicted octanol–water partition coefficient (Wildman–Crippen LogP) is 4.41. The summed E-state index contributed by atoms with van der Waals surface area (Å²) in [5, 5.41) is 0. The van der Waals surface area contributed by atoms with Crippen LogP contribution in [-0.2, 0) is 13.0 Å². The van der Waals surface area contributed by atoms with Crippen molar-refractivity contribution in [3.8, 4) is 11.3 Å². The highest BCUT2D eigenvalue weighted by Crippen LogP contribution is 2.25. The molecule has 3 rings (SSSR count). The Balaban J connectivity index is 2.01. The van der Waals surface area contributed by atoms with Gasteiger partial charge in [-0.25, -0.2) is 0 Å². The van der Waals surface area contributed by atoms with Gasteiger partial charge in [0.1, 0.15) is 0 Å². The zero-order valence-electron chi connectivity index (χ0n) is 14.3. The molecule has 3 heteroatoms. The number of fused-ring (bicyclic) bond motifs is 1. The molecule has 0 aliphatic heterocycles. The summed E-state index contributed by atoms with van der Waals surface area (Å²) in [4.78, 5) is 6.84. The van der Waals surface area contributed by atoms with Crippen LogP contribution in [0.1, 0.15) is 31.0 Å². The summed E-state index contributed by atoms with van der Waals surface area (Å²) < 4.78 is 2.25. The van der Waals surface area contributed by atoms with Crippen LogP contribution in [0.3, 0.4) is 0 Å². The molecule has 0 spiro atoms. The van der Waals surface area contributed by atoms with Gasteiger partial charge in [-0.3, -0.25) is 4.98 Å². The summed E-state index contributed by atoms with van der Waals surface area (Å²) in [6.45, 7) is 3.16. The Bertz CT molecular complexity index is 786. The van der Waals surface area contributed by atoms with E-state index in [1.54, 1.807) is 0 Å². The first-order chi connectivity index (χ1) is 11.2. The number of benzene rings is 1. The van der Waals surface area contributed by atoms with Crippen LogP contribution >= 0.6 is 0 Å². The minimum absolute atomic E-state index is 0.925. The Morgan fingerprint density at radius 1 is 1.13 bits per heavy atom. The van der Waals surface area contributed by atoms with Gasteiger partial charge in [0.05, 0.1) is 11.2 Å². The van der Waals surface area contributed by atoms with Crippen molar-refractivity contribution in [2.75, 3.05) is 14.1 Å². The number of aryl methyl sites for hydroxylation is 1. The molecule has 0 aliphatic rings. The van der Waals surface area contributed by atoms with E-state index < -0.39 is 0 Å². The van der Waals surface area contributed by atoms with Gasteiger partial charge in [-0.2, -0.15) is 0 Å². The van der Waals surface area contributed by atoms with Crippen molar-refractivity contribution in [1.82, 2.24) is 14.3 Å². The van der Waals surface area contributed by atoms with Crippen LogP contribution in [0.5, 0.6) is 0 Å². The van der Waals surface area contributed by atoms with Crippen LogP contribution in [0.25, 0.3) is 16.8 Å². The third-order valence-corrected chi connectivity index (χ3v) is 4.16. The molecule has 0 saturated carbocycles. The third kappa shape index (κ3) is 3.45. The maximum absolute atomic E-state index is 4.66. The topological polar surface area (TPSA) is 20.5 Å². The molecular formula is C20H25N3. The van der Waals surface area contributed by atoms with Gasteiger partial charge in [0.25, 0.3) is 0 Å². The highest BCUT2D eigenvalue weighted by molar-refractivity contribution is 5.77. The maximum atomic E-state index is 4.66. The van der Waals surface area contributed by atoms with Crippen LogP contribution in [0, 0.1) is 0 Å². The average molecular weight is 307 g/mol. The SMILES string of the molecule is CCCCc1cccc(-c2nccn3c(CN(C)C)ccc23)c1. The van der Waals surface area contributed by atoms with E-state index in [2.05, 4.69) is 77.9 Å². The number of rotatable bonds is 6. The van der Waals surface area contributed by atoms with Crippen molar-refractivity contribution in [2.24, 2.45) is 0 Å². The lowest BCUT2D eigenvalue weighted by molar-refractivity contribution is 0.395. The predicted molar refractivity (Wildman–Crippen MR) is 96.6 cm³/mol. The maximum Gasteiger partial charge on any atom is 0.0942 e. The molecule has 0 amide bonds. The molecule has 3 aromatic rings. The Morgan fingerprint density at radius 2 is 2.00 bits per heavy atom. The highest BCUT2D eigenvalue weighted by atomic mass is 15.1. The second-order valence-electron chi connectivity index (χ2n) is 6.40. The fourth-order valence-electron chi connectivity index (χ4n) is 3.03. The van der Waals surface area contributed by atoms with Crippen molar-refractivity contribution in [2.45, 2.75) is 32.7 Å². The molecule has 0 radical (unpaired) electrons. The molecule has 0 saturated heterocycles. The van der Waals surface area contributed by atoms with Crippen molar-refractivity contribution in [1.29, 1.82) is 0 Å². The summed E-state index contributed by atoms with van der Waals surface area (Å²) in [6, 6.07) is 13.2. The minimum atomic E-state index is 0.925. The van der Waals surface area contributed by atoms with Crippen LogP contribution in [-0.4, -0.2) is 28.4 Å². The number of nitrogens with zero attached hydrogens (tertiary/aromatic N) is 3. The van der Waals surface area contributed by atoms with Gasteiger partial charge >= 0.3 is 0 Å². The Morgan fingerprint density at radius 3 is 2.78 bits per heavy atom. The van der Waals surface area contributed by atoms with Crippen molar-refractivity contribution < 1.29 is 0 Å². The summed E-state index contributed by atoms with van der Waals surface area (Å²) in [6.07, 6.45) is 7.56. The number of hydrogen-bond donors (Lipinski definition) is 0. The number of unbranched alkanes of at least 4 members (excludes halogenated alkanes) is 1. The molecule has 0 N–H and O–H groups in total. The summed E-state index contributed by atoms with van der Waals surface area (Å²) >= 11 is 0. The molecule has 3 nitrogen and oxygen atoms in total. The zero-order valence-corrected chi connectivity index (χ0v) is 14.3. The van der Waals surface area contributed by atoms with Gasteiger partial charge in [-0.15, -0.1) is 0 Å². The summed E-state index contributed by atoms with van der Waals surface area (Å²) in [5.41, 5.74) is 6.13. The lowest BCUT2D eigenvalue weighted by Gasteiger charge is -2.11. The number of hydrogen-bond acceptors (Lipinski definition) is 2. The van der Waals surface area contributed by atoms with Gasteiger partial charge in [-0.05, 0) is 50.7 Å². The van der Waals surface area contributed by atoms with Crippen molar-refractivity contribution in [3.05, 3.63) is 60.0 Å². The Hall–Kier alpha value is -2.13. The number of aromatic nitrogens is 2. The first kappa shape index (κ1) is 15.8. The normalized spacial score (nSPS) is 11.5. The Labute approximate surface area is 138 Å². The monoisotopic (exact) mass is 307 g/mol.